The standard InChI is InChI=1S/C17H10F3N3/c18-17(19,20)11-6-7-14-12(8-11)15(10-4-2-1-3-5-10)13(9-21)16(22)23-14/h1-8H,(H2,22,23). The van der Waals surface area contributed by atoms with Crippen LogP contribution in [-0.2, 0) is 6.18 Å². The van der Waals surface area contributed by atoms with Crippen LogP contribution in [0.1, 0.15) is 11.1 Å². The first-order valence-corrected chi connectivity index (χ1v) is 6.68. The zero-order valence-corrected chi connectivity index (χ0v) is 11.7. The number of pyridine rings is 1. The summed E-state index contributed by atoms with van der Waals surface area (Å²) in [6.07, 6.45) is -4.48. The second-order valence-corrected chi connectivity index (χ2v) is 4.95. The third-order valence-electron chi connectivity index (χ3n) is 3.51. The van der Waals surface area contributed by atoms with Crippen LogP contribution >= 0.6 is 0 Å². The number of anilines is 1. The minimum absolute atomic E-state index is 0.00129. The number of nitriles is 1. The maximum atomic E-state index is 13.0. The van der Waals surface area contributed by atoms with E-state index in [-0.39, 0.29) is 16.8 Å². The number of halogens is 3. The highest BCUT2D eigenvalue weighted by molar-refractivity contribution is 6.00. The number of benzene rings is 2. The molecule has 6 heteroatoms. The zero-order chi connectivity index (χ0) is 16.6. The van der Waals surface area contributed by atoms with Crippen LogP contribution in [0.15, 0.2) is 48.5 Å². The minimum atomic E-state index is -4.48. The van der Waals surface area contributed by atoms with Crippen molar-refractivity contribution in [3.8, 4) is 17.2 Å². The SMILES string of the molecule is N#Cc1c(N)nc2ccc(C(F)(F)F)cc2c1-c1ccccc1. The molecule has 2 aromatic carbocycles. The molecule has 23 heavy (non-hydrogen) atoms. The van der Waals surface area contributed by atoms with Crippen LogP contribution in [0.5, 0.6) is 0 Å². The average Bonchev–Trinajstić information content (AvgIpc) is 2.53. The Morgan fingerprint density at radius 3 is 2.35 bits per heavy atom. The summed E-state index contributed by atoms with van der Waals surface area (Å²) in [5.41, 5.74) is 6.37. The molecule has 0 amide bonds. The number of nitrogen functional groups attached to an aromatic ring is 1. The van der Waals surface area contributed by atoms with Crippen LogP contribution in [0.2, 0.25) is 0 Å². The molecule has 0 aliphatic carbocycles. The number of nitrogens with zero attached hydrogens (tertiary/aromatic N) is 2. The van der Waals surface area contributed by atoms with Gasteiger partial charge in [-0.15, -0.1) is 0 Å². The first-order valence-electron chi connectivity index (χ1n) is 6.68. The number of hydrogen-bond donors (Lipinski definition) is 1. The van der Waals surface area contributed by atoms with Gasteiger partial charge in [-0.3, -0.25) is 0 Å². The molecule has 114 valence electrons. The molecule has 0 saturated carbocycles. The maximum absolute atomic E-state index is 13.0. The second kappa shape index (κ2) is 5.29. The molecule has 0 fully saturated rings. The molecular weight excluding hydrogens is 303 g/mol. The smallest absolute Gasteiger partial charge is 0.383 e. The van der Waals surface area contributed by atoms with Crippen molar-refractivity contribution in [1.82, 2.24) is 4.98 Å². The zero-order valence-electron chi connectivity index (χ0n) is 11.7. The number of alkyl halides is 3. The number of nitrogens with two attached hydrogens (primary N) is 1. The first kappa shape index (κ1) is 14.9. The summed E-state index contributed by atoms with van der Waals surface area (Å²) >= 11 is 0. The van der Waals surface area contributed by atoms with Crippen molar-refractivity contribution in [1.29, 1.82) is 5.26 Å². The van der Waals surface area contributed by atoms with E-state index in [1.54, 1.807) is 30.3 Å². The lowest BCUT2D eigenvalue weighted by atomic mass is 9.95. The third-order valence-corrected chi connectivity index (χ3v) is 3.51. The lowest BCUT2D eigenvalue weighted by Gasteiger charge is -2.13. The Kier molecular flexibility index (Phi) is 3.41. The number of hydrogen-bond acceptors (Lipinski definition) is 3. The molecule has 1 aromatic heterocycles. The van der Waals surface area contributed by atoms with Gasteiger partial charge in [-0.2, -0.15) is 18.4 Å². The molecule has 0 bridgehead atoms. The lowest BCUT2D eigenvalue weighted by Crippen LogP contribution is -2.06. The predicted octanol–water partition coefficient (Wildman–Crippen LogP) is 4.37. The van der Waals surface area contributed by atoms with E-state index >= 15 is 0 Å². The van der Waals surface area contributed by atoms with Gasteiger partial charge >= 0.3 is 6.18 Å². The van der Waals surface area contributed by atoms with Crippen LogP contribution in [0, 0.1) is 11.3 Å². The molecule has 3 aromatic rings. The monoisotopic (exact) mass is 313 g/mol. The molecule has 0 unspecified atom stereocenters. The Labute approximate surface area is 129 Å². The first-order chi connectivity index (χ1) is 10.9. The van der Waals surface area contributed by atoms with Gasteiger partial charge in [0.15, 0.2) is 0 Å². The molecule has 3 rings (SSSR count). The molecule has 0 saturated heterocycles. The van der Waals surface area contributed by atoms with Crippen molar-refractivity contribution in [3.63, 3.8) is 0 Å². The summed E-state index contributed by atoms with van der Waals surface area (Å²) in [7, 11) is 0. The maximum Gasteiger partial charge on any atom is 0.416 e. The summed E-state index contributed by atoms with van der Waals surface area (Å²) in [5.74, 6) is -0.00129. The van der Waals surface area contributed by atoms with E-state index < -0.39 is 11.7 Å². The van der Waals surface area contributed by atoms with Crippen LogP contribution < -0.4 is 5.73 Å². The Balaban J connectivity index is 2.44. The van der Waals surface area contributed by atoms with E-state index in [2.05, 4.69) is 4.98 Å². The van der Waals surface area contributed by atoms with Crippen molar-refractivity contribution in [3.05, 3.63) is 59.7 Å². The highest BCUT2D eigenvalue weighted by Gasteiger charge is 2.31. The van der Waals surface area contributed by atoms with Gasteiger partial charge in [0.1, 0.15) is 17.5 Å². The van der Waals surface area contributed by atoms with Crippen molar-refractivity contribution in [2.45, 2.75) is 6.18 Å². The molecular formula is C17H10F3N3. The van der Waals surface area contributed by atoms with Gasteiger partial charge in [-0.05, 0) is 23.8 Å². The van der Waals surface area contributed by atoms with Crippen molar-refractivity contribution >= 4 is 16.7 Å². The van der Waals surface area contributed by atoms with E-state index in [1.807, 2.05) is 6.07 Å². The Morgan fingerprint density at radius 2 is 1.74 bits per heavy atom. The average molecular weight is 313 g/mol. The van der Waals surface area contributed by atoms with E-state index in [4.69, 9.17) is 5.73 Å². The minimum Gasteiger partial charge on any atom is -0.383 e. The van der Waals surface area contributed by atoms with Crippen LogP contribution in [0.25, 0.3) is 22.0 Å². The van der Waals surface area contributed by atoms with Crippen molar-refractivity contribution in [2.24, 2.45) is 0 Å². The Bertz CT molecular complexity index is 926. The van der Waals surface area contributed by atoms with E-state index in [0.29, 0.717) is 16.6 Å². The largest absolute Gasteiger partial charge is 0.416 e. The fourth-order valence-electron chi connectivity index (χ4n) is 2.48. The van der Waals surface area contributed by atoms with Gasteiger partial charge in [-0.25, -0.2) is 4.98 Å². The predicted molar refractivity (Wildman–Crippen MR) is 81.3 cm³/mol. The topological polar surface area (TPSA) is 62.7 Å². The number of fused-ring (bicyclic) bond motifs is 1. The summed E-state index contributed by atoms with van der Waals surface area (Å²) in [4.78, 5) is 4.04. The fourth-order valence-corrected chi connectivity index (χ4v) is 2.48. The van der Waals surface area contributed by atoms with Gasteiger partial charge in [0, 0.05) is 10.9 Å². The quantitative estimate of drug-likeness (QED) is 0.725. The van der Waals surface area contributed by atoms with Crippen LogP contribution in [0.4, 0.5) is 19.0 Å². The molecule has 0 aliphatic rings. The van der Waals surface area contributed by atoms with Gasteiger partial charge < -0.3 is 5.73 Å². The molecule has 2 N–H and O–H groups in total. The highest BCUT2D eigenvalue weighted by Crippen LogP contribution is 2.37. The van der Waals surface area contributed by atoms with Crippen molar-refractivity contribution in [2.75, 3.05) is 5.73 Å². The fraction of sp³-hybridized carbons (Fsp3) is 0.0588. The number of aromatic nitrogens is 1. The van der Waals surface area contributed by atoms with Crippen LogP contribution in [0.3, 0.4) is 0 Å². The third kappa shape index (κ3) is 2.57. The van der Waals surface area contributed by atoms with Gasteiger partial charge in [0.05, 0.1) is 11.1 Å². The number of rotatable bonds is 1. The molecule has 1 heterocycles. The summed E-state index contributed by atoms with van der Waals surface area (Å²) in [6.45, 7) is 0. The Morgan fingerprint density at radius 1 is 1.04 bits per heavy atom. The molecule has 0 atom stereocenters. The lowest BCUT2D eigenvalue weighted by molar-refractivity contribution is -0.137. The second-order valence-electron chi connectivity index (χ2n) is 4.95. The molecule has 3 nitrogen and oxygen atoms in total. The highest BCUT2D eigenvalue weighted by atomic mass is 19.4. The van der Waals surface area contributed by atoms with Crippen molar-refractivity contribution < 1.29 is 13.2 Å². The molecule has 0 radical (unpaired) electrons. The normalized spacial score (nSPS) is 11.4. The molecule has 0 aliphatic heterocycles. The van der Waals surface area contributed by atoms with E-state index in [9.17, 15) is 18.4 Å². The van der Waals surface area contributed by atoms with E-state index in [0.717, 1.165) is 12.1 Å². The summed E-state index contributed by atoms with van der Waals surface area (Å²) < 4.78 is 39.0. The van der Waals surface area contributed by atoms with Gasteiger partial charge in [0.2, 0.25) is 0 Å². The molecule has 0 spiro atoms. The van der Waals surface area contributed by atoms with E-state index in [1.165, 1.54) is 6.07 Å². The summed E-state index contributed by atoms with van der Waals surface area (Å²) in [6, 6.07) is 13.9. The Hall–Kier alpha value is -3.07. The van der Waals surface area contributed by atoms with Gasteiger partial charge in [0.25, 0.3) is 0 Å². The summed E-state index contributed by atoms with van der Waals surface area (Å²) in [5, 5.41) is 9.60. The van der Waals surface area contributed by atoms with Crippen LogP contribution in [-0.4, -0.2) is 4.98 Å². The van der Waals surface area contributed by atoms with Gasteiger partial charge in [-0.1, -0.05) is 30.3 Å².